The van der Waals surface area contributed by atoms with Gasteiger partial charge in [0, 0.05) is 29.4 Å². The molecule has 1 aliphatic rings. The van der Waals surface area contributed by atoms with Gasteiger partial charge in [0.2, 0.25) is 5.91 Å². The molecule has 1 N–H and O–H groups in total. The number of amides is 1. The first-order valence-corrected chi connectivity index (χ1v) is 10.4. The average Bonchev–Trinajstić information content (AvgIpc) is 3.33. The largest absolute Gasteiger partial charge is 0.490 e. The van der Waals surface area contributed by atoms with Gasteiger partial charge in [-0.3, -0.25) is 14.2 Å². The van der Waals surface area contributed by atoms with Crippen molar-refractivity contribution >= 4 is 34.7 Å². The van der Waals surface area contributed by atoms with Crippen LogP contribution in [0, 0.1) is 0 Å². The second-order valence-electron chi connectivity index (χ2n) is 7.31. The number of benzene rings is 2. The van der Waals surface area contributed by atoms with Crippen LogP contribution in [0.3, 0.4) is 0 Å². The van der Waals surface area contributed by atoms with E-state index >= 15 is 0 Å². The smallest absolute Gasteiger partial charge is 0.272 e. The molecule has 0 radical (unpaired) electrons. The Hall–Kier alpha value is -4.59. The van der Waals surface area contributed by atoms with Gasteiger partial charge in [-0.25, -0.2) is 15.0 Å². The molecule has 3 heterocycles. The fraction of sp³-hybridized carbons (Fsp3) is 0.0800. The highest BCUT2D eigenvalue weighted by molar-refractivity contribution is 5.99. The van der Waals surface area contributed by atoms with Crippen molar-refractivity contribution in [2.75, 3.05) is 6.61 Å². The number of allylic oxidation sites excluding steroid dienone is 1. The maximum absolute atomic E-state index is 12.8. The molecule has 0 aliphatic carbocycles. The van der Waals surface area contributed by atoms with Crippen LogP contribution in [0.15, 0.2) is 84.3 Å². The third-order valence-corrected chi connectivity index (χ3v) is 5.16. The number of carbonyl (C=O) groups excluding carboxylic acids is 2. The monoisotopic (exact) mass is 437 g/mol. The van der Waals surface area contributed by atoms with E-state index in [9.17, 15) is 9.59 Å². The summed E-state index contributed by atoms with van der Waals surface area (Å²) in [6, 6.07) is 16.2. The Kier molecular flexibility index (Phi) is 5.47. The van der Waals surface area contributed by atoms with E-state index in [-0.39, 0.29) is 24.6 Å². The molecule has 2 aromatic heterocycles. The zero-order valence-electron chi connectivity index (χ0n) is 17.5. The molecule has 0 saturated carbocycles. The SMILES string of the molecule is O=C1N/C=c2/cccc/c2=N\c2ncnc3ccc(cc23)OC/C=C\CC(=O)n2cccc21. The third kappa shape index (κ3) is 4.27. The summed E-state index contributed by atoms with van der Waals surface area (Å²) in [5, 5.41) is 4.83. The summed E-state index contributed by atoms with van der Waals surface area (Å²) in [4.78, 5) is 38.8. The van der Waals surface area contributed by atoms with Crippen molar-refractivity contribution in [3.63, 3.8) is 0 Å². The predicted molar refractivity (Wildman–Crippen MR) is 123 cm³/mol. The Morgan fingerprint density at radius 2 is 1.88 bits per heavy atom. The molecular weight excluding hydrogens is 418 g/mol. The number of hydrogen-bond acceptors (Lipinski definition) is 6. The summed E-state index contributed by atoms with van der Waals surface area (Å²) in [7, 11) is 0. The first kappa shape index (κ1) is 20.3. The molecule has 1 amide bonds. The second-order valence-corrected chi connectivity index (χ2v) is 7.31. The van der Waals surface area contributed by atoms with E-state index in [2.05, 4.69) is 15.3 Å². The first-order valence-electron chi connectivity index (χ1n) is 10.4. The molecule has 8 nitrogen and oxygen atoms in total. The van der Waals surface area contributed by atoms with Crippen LogP contribution in [-0.2, 0) is 0 Å². The van der Waals surface area contributed by atoms with Crippen molar-refractivity contribution in [3.05, 3.63) is 95.5 Å². The van der Waals surface area contributed by atoms with Crippen LogP contribution in [-0.4, -0.2) is 33.0 Å². The number of ether oxygens (including phenoxy) is 1. The fourth-order valence-electron chi connectivity index (χ4n) is 3.52. The van der Waals surface area contributed by atoms with Crippen molar-refractivity contribution in [2.24, 2.45) is 4.99 Å². The van der Waals surface area contributed by atoms with Gasteiger partial charge in [0.25, 0.3) is 5.91 Å². The Balaban J connectivity index is 1.66. The van der Waals surface area contributed by atoms with E-state index in [0.29, 0.717) is 22.1 Å². The lowest BCUT2D eigenvalue weighted by Gasteiger charge is -2.07. The molecule has 4 aromatic rings. The molecule has 1 aliphatic heterocycles. The second kappa shape index (κ2) is 8.88. The molecule has 0 saturated heterocycles. The van der Waals surface area contributed by atoms with Gasteiger partial charge in [0.1, 0.15) is 24.4 Å². The van der Waals surface area contributed by atoms with Gasteiger partial charge >= 0.3 is 0 Å². The minimum Gasteiger partial charge on any atom is -0.490 e. The number of rotatable bonds is 0. The maximum atomic E-state index is 12.8. The molecule has 162 valence electrons. The van der Waals surface area contributed by atoms with Crippen molar-refractivity contribution in [3.8, 4) is 5.75 Å². The number of fused-ring (bicyclic) bond motifs is 3. The topological polar surface area (TPSA) is 98.5 Å². The zero-order chi connectivity index (χ0) is 22.6. The highest BCUT2D eigenvalue weighted by Gasteiger charge is 2.14. The predicted octanol–water partition coefficient (Wildman–Crippen LogP) is 2.53. The average molecular weight is 437 g/mol. The molecule has 0 spiro atoms. The van der Waals surface area contributed by atoms with E-state index < -0.39 is 5.91 Å². The van der Waals surface area contributed by atoms with Gasteiger partial charge in [0.15, 0.2) is 5.82 Å². The van der Waals surface area contributed by atoms with E-state index in [1.54, 1.807) is 36.7 Å². The lowest BCUT2D eigenvalue weighted by atomic mass is 10.2. The Morgan fingerprint density at radius 1 is 0.970 bits per heavy atom. The minimum absolute atomic E-state index is 0.138. The summed E-state index contributed by atoms with van der Waals surface area (Å²) < 4.78 is 7.16. The van der Waals surface area contributed by atoms with E-state index in [4.69, 9.17) is 9.73 Å². The minimum atomic E-state index is -0.395. The summed E-state index contributed by atoms with van der Waals surface area (Å²) in [5.41, 5.74) is 0.992. The molecule has 2 aromatic carbocycles. The van der Waals surface area contributed by atoms with Gasteiger partial charge < -0.3 is 10.1 Å². The van der Waals surface area contributed by atoms with Crippen molar-refractivity contribution in [1.82, 2.24) is 19.9 Å². The highest BCUT2D eigenvalue weighted by atomic mass is 16.5. The summed E-state index contributed by atoms with van der Waals surface area (Å²) >= 11 is 0. The van der Waals surface area contributed by atoms with Crippen LogP contribution in [0.1, 0.15) is 21.7 Å². The summed E-state index contributed by atoms with van der Waals surface area (Å²) in [6.45, 7) is 0.287. The fourth-order valence-corrected chi connectivity index (χ4v) is 3.52. The number of nitrogens with zero attached hydrogens (tertiary/aromatic N) is 4. The Bertz CT molecular complexity index is 1520. The van der Waals surface area contributed by atoms with Crippen LogP contribution >= 0.6 is 0 Å². The molecule has 0 fully saturated rings. The van der Waals surface area contributed by atoms with Gasteiger partial charge in [0.05, 0.1) is 10.9 Å². The molecule has 0 unspecified atom stereocenters. The number of nitrogens with one attached hydrogen (secondary N) is 1. The molecular formula is C25H19N5O3. The number of carbonyl (C=O) groups is 2. The molecule has 2 bridgehead atoms. The standard InChI is InChI=1S/C25H19N5O3/c31-23-9-3-4-13-33-18-10-11-21-19(14-18)24(28-16-27-21)29-20-7-2-1-6-17(20)15-26-25(32)22-8-5-12-30(22)23/h1-8,10-12,14-16H,9,13H2,(H,26,32)/b4-3-,17-15-,29-20+. The highest BCUT2D eigenvalue weighted by Crippen LogP contribution is 2.25. The van der Waals surface area contributed by atoms with Gasteiger partial charge in [-0.2, -0.15) is 0 Å². The van der Waals surface area contributed by atoms with Gasteiger partial charge in [-0.1, -0.05) is 30.4 Å². The number of aromatic nitrogens is 3. The Labute approximate surface area is 188 Å². The first-order chi connectivity index (χ1) is 16.2. The lowest BCUT2D eigenvalue weighted by Crippen LogP contribution is -2.30. The van der Waals surface area contributed by atoms with E-state index in [0.717, 1.165) is 10.9 Å². The van der Waals surface area contributed by atoms with Crippen molar-refractivity contribution in [1.29, 1.82) is 0 Å². The van der Waals surface area contributed by atoms with E-state index in [1.165, 1.54) is 10.9 Å². The summed E-state index contributed by atoms with van der Waals surface area (Å²) in [6.07, 6.45) is 8.25. The maximum Gasteiger partial charge on any atom is 0.272 e. The Morgan fingerprint density at radius 3 is 2.82 bits per heavy atom. The normalized spacial score (nSPS) is 17.2. The van der Waals surface area contributed by atoms with Crippen LogP contribution in [0.2, 0.25) is 0 Å². The quantitative estimate of drug-likeness (QED) is 0.426. The summed E-state index contributed by atoms with van der Waals surface area (Å²) in [5.74, 6) is 0.526. The van der Waals surface area contributed by atoms with Gasteiger partial charge in [-0.05, 0) is 36.4 Å². The van der Waals surface area contributed by atoms with Crippen LogP contribution in [0.25, 0.3) is 17.1 Å². The van der Waals surface area contributed by atoms with Crippen LogP contribution in [0.4, 0.5) is 5.82 Å². The van der Waals surface area contributed by atoms with Crippen molar-refractivity contribution < 1.29 is 14.3 Å². The van der Waals surface area contributed by atoms with Gasteiger partial charge in [-0.15, -0.1) is 0 Å². The van der Waals surface area contributed by atoms with Crippen LogP contribution < -0.4 is 20.6 Å². The lowest BCUT2D eigenvalue weighted by molar-refractivity contribution is 0.0883. The molecule has 33 heavy (non-hydrogen) atoms. The number of hydrogen-bond donors (Lipinski definition) is 1. The number of para-hydroxylation sites is 1. The van der Waals surface area contributed by atoms with E-state index in [1.807, 2.05) is 42.5 Å². The molecule has 0 atom stereocenters. The molecule has 8 heteroatoms. The molecule has 5 rings (SSSR count). The van der Waals surface area contributed by atoms with Crippen molar-refractivity contribution in [2.45, 2.75) is 6.42 Å². The zero-order valence-corrected chi connectivity index (χ0v) is 17.5. The van der Waals surface area contributed by atoms with Crippen LogP contribution in [0.5, 0.6) is 5.75 Å². The third-order valence-electron chi connectivity index (χ3n) is 5.16.